The van der Waals surface area contributed by atoms with E-state index in [2.05, 4.69) is 64.2 Å². The highest BCUT2D eigenvalue weighted by Gasteiger charge is 2.40. The first kappa shape index (κ1) is 25.5. The number of carbonyl (C=O) groups excluding carboxylic acids is 1. The van der Waals surface area contributed by atoms with Crippen LogP contribution in [0.5, 0.6) is 0 Å². The minimum Gasteiger partial charge on any atom is -0.463 e. The van der Waals surface area contributed by atoms with E-state index in [9.17, 15) is 4.79 Å². The van der Waals surface area contributed by atoms with Crippen LogP contribution in [-0.2, 0) is 16.1 Å². The average Bonchev–Trinajstić information content (AvgIpc) is 3.50. The van der Waals surface area contributed by atoms with Crippen molar-refractivity contribution in [2.24, 2.45) is 4.99 Å². The number of hydrogen-bond donors (Lipinski definition) is 0. The first-order chi connectivity index (χ1) is 19.0. The number of aromatic nitrogens is 1. The van der Waals surface area contributed by atoms with Crippen LogP contribution < -0.4 is 0 Å². The number of halogens is 1. The summed E-state index contributed by atoms with van der Waals surface area (Å²) in [7, 11) is 0. The zero-order chi connectivity index (χ0) is 26.9. The molecule has 2 aliphatic heterocycles. The van der Waals surface area contributed by atoms with Gasteiger partial charge in [0.15, 0.2) is 5.17 Å². The Kier molecular flexibility index (Phi) is 7.07. The summed E-state index contributed by atoms with van der Waals surface area (Å²) in [4.78, 5) is 21.3. The average molecular weight is 554 g/mol. The number of benzene rings is 3. The van der Waals surface area contributed by atoms with Gasteiger partial charge in [-0.2, -0.15) is 0 Å². The third kappa shape index (κ3) is 4.90. The third-order valence-electron chi connectivity index (χ3n) is 7.08. The van der Waals surface area contributed by atoms with Crippen LogP contribution in [0.3, 0.4) is 0 Å². The molecule has 1 fully saturated rings. The van der Waals surface area contributed by atoms with E-state index in [0.717, 1.165) is 32.4 Å². The zero-order valence-corrected chi connectivity index (χ0v) is 23.4. The largest absolute Gasteiger partial charge is 0.463 e. The molecular weight excluding hydrogens is 526 g/mol. The number of rotatable bonds is 6. The topological polar surface area (TPSA) is 46.8 Å². The molecular formula is C32H28ClN3O2S. The van der Waals surface area contributed by atoms with E-state index in [1.165, 1.54) is 10.3 Å². The number of nitrogens with zero attached hydrogens (tertiary/aromatic N) is 3. The molecule has 1 atom stereocenters. The Morgan fingerprint density at radius 3 is 2.62 bits per heavy atom. The minimum atomic E-state index is -0.309. The van der Waals surface area contributed by atoms with Crippen LogP contribution >= 0.6 is 23.4 Å². The molecule has 0 aliphatic carbocycles. The van der Waals surface area contributed by atoms with Gasteiger partial charge in [0.05, 0.1) is 30.5 Å². The van der Waals surface area contributed by atoms with Crippen LogP contribution in [-0.4, -0.2) is 33.8 Å². The Morgan fingerprint density at radius 2 is 1.82 bits per heavy atom. The van der Waals surface area contributed by atoms with Crippen molar-refractivity contribution in [2.75, 3.05) is 13.2 Å². The van der Waals surface area contributed by atoms with Gasteiger partial charge < -0.3 is 14.2 Å². The van der Waals surface area contributed by atoms with Gasteiger partial charge in [-0.25, -0.2) is 9.79 Å². The van der Waals surface area contributed by atoms with Gasteiger partial charge in [0.25, 0.3) is 0 Å². The summed E-state index contributed by atoms with van der Waals surface area (Å²) in [5.41, 5.74) is 5.74. The van der Waals surface area contributed by atoms with Crippen molar-refractivity contribution >= 4 is 51.5 Å². The summed E-state index contributed by atoms with van der Waals surface area (Å²) in [5, 5.41) is 2.86. The maximum absolute atomic E-state index is 13.1. The Bertz CT molecular complexity index is 1650. The van der Waals surface area contributed by atoms with Crippen LogP contribution in [0.4, 0.5) is 0 Å². The molecule has 0 radical (unpaired) electrons. The second-order valence-corrected chi connectivity index (χ2v) is 11.1. The van der Waals surface area contributed by atoms with Gasteiger partial charge in [-0.15, -0.1) is 0 Å². The van der Waals surface area contributed by atoms with Gasteiger partial charge >= 0.3 is 5.97 Å². The van der Waals surface area contributed by atoms with Gasteiger partial charge in [-0.1, -0.05) is 90.1 Å². The van der Waals surface area contributed by atoms with E-state index in [0.29, 0.717) is 31.0 Å². The molecule has 0 saturated carbocycles. The second kappa shape index (κ2) is 10.8. The molecule has 2 aliphatic rings. The summed E-state index contributed by atoms with van der Waals surface area (Å²) < 4.78 is 7.71. The third-order valence-corrected chi connectivity index (χ3v) is 8.46. The van der Waals surface area contributed by atoms with E-state index in [1.54, 1.807) is 11.8 Å². The molecule has 0 spiro atoms. The summed E-state index contributed by atoms with van der Waals surface area (Å²) >= 11 is 8.15. The highest BCUT2D eigenvalue weighted by Crippen LogP contribution is 2.44. The van der Waals surface area contributed by atoms with Crippen LogP contribution in [0.15, 0.2) is 106 Å². The molecule has 0 bridgehead atoms. The monoisotopic (exact) mass is 553 g/mol. The van der Waals surface area contributed by atoms with E-state index in [4.69, 9.17) is 21.3 Å². The summed E-state index contributed by atoms with van der Waals surface area (Å²) in [6, 6.07) is 26.3. The van der Waals surface area contributed by atoms with Crippen LogP contribution in [0.1, 0.15) is 36.6 Å². The van der Waals surface area contributed by atoms with Crippen LogP contribution in [0, 0.1) is 0 Å². The summed E-state index contributed by atoms with van der Waals surface area (Å²) in [6.45, 7) is 5.40. The zero-order valence-electron chi connectivity index (χ0n) is 21.8. The molecule has 0 amide bonds. The molecule has 7 heteroatoms. The van der Waals surface area contributed by atoms with Crippen LogP contribution in [0.2, 0.25) is 5.02 Å². The molecule has 0 N–H and O–H groups in total. The number of aliphatic imine (C=N–C) groups is 1. The van der Waals surface area contributed by atoms with E-state index < -0.39 is 0 Å². The summed E-state index contributed by atoms with van der Waals surface area (Å²) in [5.74, 6) is -0.309. The first-order valence-corrected chi connectivity index (χ1v) is 14.2. The van der Waals surface area contributed by atoms with E-state index in [1.807, 2.05) is 50.2 Å². The lowest BCUT2D eigenvalue weighted by atomic mass is 9.94. The van der Waals surface area contributed by atoms with Crippen molar-refractivity contribution in [3.05, 3.63) is 123 Å². The fourth-order valence-corrected chi connectivity index (χ4v) is 6.61. The van der Waals surface area contributed by atoms with Crippen molar-refractivity contribution in [1.29, 1.82) is 0 Å². The molecule has 3 heterocycles. The Morgan fingerprint density at radius 1 is 1.08 bits per heavy atom. The van der Waals surface area contributed by atoms with Crippen LogP contribution in [0.25, 0.3) is 17.0 Å². The lowest BCUT2D eigenvalue weighted by Crippen LogP contribution is -2.36. The Labute approximate surface area is 237 Å². The first-order valence-electron chi connectivity index (χ1n) is 13.0. The van der Waals surface area contributed by atoms with E-state index >= 15 is 0 Å². The second-order valence-electron chi connectivity index (χ2n) is 9.59. The smallest absolute Gasteiger partial charge is 0.338 e. The number of amidine groups is 1. The molecule has 3 aromatic carbocycles. The normalized spacial score (nSPS) is 18.0. The number of fused-ring (bicyclic) bond motifs is 2. The molecule has 1 aromatic heterocycles. The number of thioether (sulfide) groups is 1. The predicted molar refractivity (Wildman–Crippen MR) is 161 cm³/mol. The van der Waals surface area contributed by atoms with Crippen molar-refractivity contribution in [3.8, 4) is 0 Å². The quantitative estimate of drug-likeness (QED) is 0.230. The SMILES string of the molecule is CCOC(=O)C1=C(C)N=C2S/C(=C\c3cn(Cc4ccccc4Cl)c4ccccc34)CN2C1c1ccccc1. The minimum absolute atomic E-state index is 0.252. The number of allylic oxidation sites excluding steroid dienone is 1. The van der Waals surface area contributed by atoms with Crippen molar-refractivity contribution in [2.45, 2.75) is 26.4 Å². The highest BCUT2D eigenvalue weighted by atomic mass is 35.5. The van der Waals surface area contributed by atoms with Crippen molar-refractivity contribution in [1.82, 2.24) is 9.47 Å². The van der Waals surface area contributed by atoms with Gasteiger partial charge in [0.2, 0.25) is 0 Å². The van der Waals surface area contributed by atoms with Crippen molar-refractivity contribution in [3.63, 3.8) is 0 Å². The van der Waals surface area contributed by atoms with Crippen molar-refractivity contribution < 1.29 is 9.53 Å². The Hall–Kier alpha value is -3.74. The van der Waals surface area contributed by atoms with Gasteiger partial charge in [0.1, 0.15) is 0 Å². The lowest BCUT2D eigenvalue weighted by Gasteiger charge is -2.34. The maximum atomic E-state index is 13.1. The van der Waals surface area contributed by atoms with Gasteiger partial charge in [0, 0.05) is 39.1 Å². The number of esters is 1. The van der Waals surface area contributed by atoms with E-state index in [-0.39, 0.29) is 12.0 Å². The molecule has 1 saturated heterocycles. The molecule has 6 rings (SSSR count). The number of ether oxygens (including phenoxy) is 1. The number of carbonyl (C=O) groups is 1. The molecule has 196 valence electrons. The number of hydrogen-bond acceptors (Lipinski definition) is 5. The van der Waals surface area contributed by atoms with Gasteiger partial charge in [-0.3, -0.25) is 0 Å². The predicted octanol–water partition coefficient (Wildman–Crippen LogP) is 7.68. The number of para-hydroxylation sites is 1. The highest BCUT2D eigenvalue weighted by molar-refractivity contribution is 8.17. The molecule has 4 aromatic rings. The molecule has 1 unspecified atom stereocenters. The molecule has 39 heavy (non-hydrogen) atoms. The Balaban J connectivity index is 1.37. The fourth-order valence-electron chi connectivity index (χ4n) is 5.32. The standard InChI is InChI=1S/C32H28ClN3O2S/c1-3-38-31(37)29-21(2)34-32-36(30(29)22-11-5-4-6-12-22)20-25(39-32)17-24-19-35(28-16-10-8-14-26(24)28)18-23-13-7-9-15-27(23)33/h4-17,19,30H,3,18,20H2,1-2H3/b25-17-. The fraction of sp³-hybridized carbons (Fsp3) is 0.188. The maximum Gasteiger partial charge on any atom is 0.338 e. The summed E-state index contributed by atoms with van der Waals surface area (Å²) in [6.07, 6.45) is 4.45. The lowest BCUT2D eigenvalue weighted by molar-refractivity contribution is -0.139. The molecule has 5 nitrogen and oxygen atoms in total. The van der Waals surface area contributed by atoms with Gasteiger partial charge in [-0.05, 0) is 43.2 Å².